The van der Waals surface area contributed by atoms with Gasteiger partial charge in [0.25, 0.3) is 5.91 Å². The third kappa shape index (κ3) is 3.27. The van der Waals surface area contributed by atoms with Gasteiger partial charge < -0.3 is 10.1 Å². The van der Waals surface area contributed by atoms with Crippen LogP contribution < -0.4 is 5.32 Å². The quantitative estimate of drug-likeness (QED) is 0.606. The minimum Gasteiger partial charge on any atom is -0.467 e. The van der Waals surface area contributed by atoms with E-state index in [9.17, 15) is 9.59 Å². The molecule has 0 radical (unpaired) electrons. The summed E-state index contributed by atoms with van der Waals surface area (Å²) in [7, 11) is 1.27. The Hall–Kier alpha value is -1.49. The Morgan fingerprint density at radius 1 is 1.38 bits per heavy atom. The summed E-state index contributed by atoms with van der Waals surface area (Å²) in [6.45, 7) is 0. The van der Waals surface area contributed by atoms with Crippen molar-refractivity contribution < 1.29 is 14.3 Å². The van der Waals surface area contributed by atoms with Gasteiger partial charge in [-0.05, 0) is 12.1 Å². The molecule has 0 aliphatic heterocycles. The second-order valence-corrected chi connectivity index (χ2v) is 3.46. The van der Waals surface area contributed by atoms with E-state index in [4.69, 9.17) is 0 Å². The van der Waals surface area contributed by atoms with Gasteiger partial charge in [-0.25, -0.2) is 4.79 Å². The molecule has 0 fully saturated rings. The van der Waals surface area contributed by atoms with Crippen molar-refractivity contribution in [1.82, 2.24) is 5.32 Å². The summed E-state index contributed by atoms with van der Waals surface area (Å²) < 4.78 is 4.54. The maximum Gasteiger partial charge on any atom is 0.329 e. The molecule has 1 rings (SSSR count). The Bertz CT molecular complexity index is 367. The second kappa shape index (κ2) is 6.17. The van der Waals surface area contributed by atoms with Gasteiger partial charge >= 0.3 is 5.97 Å². The highest BCUT2D eigenvalue weighted by molar-refractivity contribution is 7.80. The number of rotatable bonds is 4. The first kappa shape index (κ1) is 12.6. The molecule has 4 nitrogen and oxygen atoms in total. The van der Waals surface area contributed by atoms with E-state index in [0.717, 1.165) is 0 Å². The summed E-state index contributed by atoms with van der Waals surface area (Å²) in [4.78, 5) is 22.9. The second-order valence-electron chi connectivity index (χ2n) is 3.10. The van der Waals surface area contributed by atoms with Gasteiger partial charge in [0, 0.05) is 11.3 Å². The van der Waals surface area contributed by atoms with Crippen molar-refractivity contribution in [3.8, 4) is 0 Å². The molecule has 0 aromatic heterocycles. The zero-order valence-corrected chi connectivity index (χ0v) is 9.74. The zero-order chi connectivity index (χ0) is 12.0. The minimum atomic E-state index is -0.721. The molecule has 1 amide bonds. The lowest BCUT2D eigenvalue weighted by molar-refractivity contribution is -0.142. The lowest BCUT2D eigenvalue weighted by atomic mass is 10.2. The first-order valence-electron chi connectivity index (χ1n) is 4.73. The molecule has 1 aromatic rings. The van der Waals surface area contributed by atoms with Crippen LogP contribution in [0.2, 0.25) is 0 Å². The number of carbonyl (C=O) groups is 2. The van der Waals surface area contributed by atoms with E-state index in [1.54, 1.807) is 24.3 Å². The highest BCUT2D eigenvalue weighted by Crippen LogP contribution is 2.00. The van der Waals surface area contributed by atoms with E-state index in [1.165, 1.54) is 7.11 Å². The van der Waals surface area contributed by atoms with Gasteiger partial charge in [-0.1, -0.05) is 18.2 Å². The monoisotopic (exact) mass is 239 g/mol. The fourth-order valence-corrected chi connectivity index (χ4v) is 1.39. The van der Waals surface area contributed by atoms with Gasteiger partial charge in [-0.15, -0.1) is 0 Å². The van der Waals surface area contributed by atoms with Crippen LogP contribution >= 0.6 is 12.6 Å². The first-order valence-corrected chi connectivity index (χ1v) is 5.37. The van der Waals surface area contributed by atoms with Crippen molar-refractivity contribution >= 4 is 24.5 Å². The van der Waals surface area contributed by atoms with E-state index in [1.807, 2.05) is 6.07 Å². The van der Waals surface area contributed by atoms with Crippen LogP contribution in [0.4, 0.5) is 0 Å². The summed E-state index contributed by atoms with van der Waals surface area (Å²) in [5, 5.41) is 2.54. The molecule has 1 atom stereocenters. The summed E-state index contributed by atoms with van der Waals surface area (Å²) in [5.74, 6) is -0.616. The Morgan fingerprint density at radius 2 is 2.00 bits per heavy atom. The molecule has 86 valence electrons. The van der Waals surface area contributed by atoms with Crippen LogP contribution in [-0.2, 0) is 9.53 Å². The summed E-state index contributed by atoms with van der Waals surface area (Å²) >= 11 is 3.98. The van der Waals surface area contributed by atoms with Crippen molar-refractivity contribution in [2.24, 2.45) is 0 Å². The van der Waals surface area contributed by atoms with Crippen LogP contribution in [0.5, 0.6) is 0 Å². The van der Waals surface area contributed by atoms with Crippen LogP contribution in [-0.4, -0.2) is 30.8 Å². The highest BCUT2D eigenvalue weighted by atomic mass is 32.1. The van der Waals surface area contributed by atoms with Crippen LogP contribution in [0, 0.1) is 0 Å². The molecular formula is C11H13NO3S. The van der Waals surface area contributed by atoms with E-state index in [2.05, 4.69) is 22.7 Å². The Labute approximate surface area is 99.4 Å². The van der Waals surface area contributed by atoms with E-state index >= 15 is 0 Å². The summed E-state index contributed by atoms with van der Waals surface area (Å²) in [6.07, 6.45) is 0. The molecule has 0 spiro atoms. The molecule has 1 N–H and O–H groups in total. The van der Waals surface area contributed by atoms with Crippen molar-refractivity contribution in [1.29, 1.82) is 0 Å². The number of esters is 1. The Balaban J connectivity index is 2.66. The topological polar surface area (TPSA) is 55.4 Å². The molecule has 0 heterocycles. The Morgan fingerprint density at radius 3 is 2.50 bits per heavy atom. The maximum atomic E-state index is 11.7. The Kier molecular flexibility index (Phi) is 4.85. The molecular weight excluding hydrogens is 226 g/mol. The molecule has 0 unspecified atom stereocenters. The van der Waals surface area contributed by atoms with Gasteiger partial charge in [0.05, 0.1) is 7.11 Å². The van der Waals surface area contributed by atoms with E-state index in [-0.39, 0.29) is 11.7 Å². The summed E-state index contributed by atoms with van der Waals surface area (Å²) in [6, 6.07) is 7.93. The number of carbonyl (C=O) groups excluding carboxylic acids is 2. The smallest absolute Gasteiger partial charge is 0.329 e. The number of ether oxygens (including phenoxy) is 1. The molecule has 0 aliphatic rings. The van der Waals surface area contributed by atoms with Gasteiger partial charge in [-0.3, -0.25) is 4.79 Å². The molecule has 0 bridgehead atoms. The molecule has 0 saturated heterocycles. The largest absolute Gasteiger partial charge is 0.467 e. The number of benzene rings is 1. The predicted molar refractivity (Wildman–Crippen MR) is 63.6 cm³/mol. The average molecular weight is 239 g/mol. The summed E-state index contributed by atoms with van der Waals surface area (Å²) in [5.41, 5.74) is 0.498. The molecule has 5 heteroatoms. The SMILES string of the molecule is COC(=O)[C@H](CS)NC(=O)c1ccccc1. The average Bonchev–Trinajstić information content (AvgIpc) is 2.35. The third-order valence-electron chi connectivity index (χ3n) is 2.01. The zero-order valence-electron chi connectivity index (χ0n) is 8.84. The number of methoxy groups -OCH3 is 1. The number of nitrogens with one attached hydrogen (secondary N) is 1. The van der Waals surface area contributed by atoms with Crippen LogP contribution in [0.1, 0.15) is 10.4 Å². The lowest BCUT2D eigenvalue weighted by Crippen LogP contribution is -2.42. The molecule has 0 saturated carbocycles. The number of thiol groups is 1. The van der Waals surface area contributed by atoms with Crippen LogP contribution in [0.15, 0.2) is 30.3 Å². The fraction of sp³-hybridized carbons (Fsp3) is 0.273. The lowest BCUT2D eigenvalue weighted by Gasteiger charge is -2.13. The molecule has 0 aliphatic carbocycles. The predicted octanol–water partition coefficient (Wildman–Crippen LogP) is 0.888. The highest BCUT2D eigenvalue weighted by Gasteiger charge is 2.20. The van der Waals surface area contributed by atoms with Gasteiger partial charge in [-0.2, -0.15) is 12.6 Å². The minimum absolute atomic E-state index is 0.200. The molecule has 16 heavy (non-hydrogen) atoms. The molecule has 1 aromatic carbocycles. The van der Waals surface area contributed by atoms with E-state index < -0.39 is 12.0 Å². The third-order valence-corrected chi connectivity index (χ3v) is 2.37. The normalized spacial score (nSPS) is 11.6. The van der Waals surface area contributed by atoms with E-state index in [0.29, 0.717) is 5.56 Å². The van der Waals surface area contributed by atoms with Crippen LogP contribution in [0.3, 0.4) is 0 Å². The van der Waals surface area contributed by atoms with Gasteiger partial charge in [0.2, 0.25) is 0 Å². The van der Waals surface area contributed by atoms with Crippen molar-refractivity contribution in [2.75, 3.05) is 12.9 Å². The number of amides is 1. The van der Waals surface area contributed by atoms with Crippen molar-refractivity contribution in [2.45, 2.75) is 6.04 Å². The van der Waals surface area contributed by atoms with Crippen molar-refractivity contribution in [3.63, 3.8) is 0 Å². The first-order chi connectivity index (χ1) is 7.69. The standard InChI is InChI=1S/C11H13NO3S/c1-15-11(14)9(7-16)12-10(13)8-5-3-2-4-6-8/h2-6,9,16H,7H2,1H3,(H,12,13)/t9-/m0/s1. The van der Waals surface area contributed by atoms with Crippen LogP contribution in [0.25, 0.3) is 0 Å². The number of hydrogen-bond donors (Lipinski definition) is 2. The fourth-order valence-electron chi connectivity index (χ4n) is 1.15. The van der Waals surface area contributed by atoms with Gasteiger partial charge in [0.1, 0.15) is 6.04 Å². The van der Waals surface area contributed by atoms with Crippen molar-refractivity contribution in [3.05, 3.63) is 35.9 Å². The maximum absolute atomic E-state index is 11.7. The van der Waals surface area contributed by atoms with Gasteiger partial charge in [0.15, 0.2) is 0 Å². The number of hydrogen-bond acceptors (Lipinski definition) is 4.